The molecule has 2 aromatic rings. The molecule has 3 heterocycles. The van der Waals surface area contributed by atoms with Gasteiger partial charge in [-0.15, -0.1) is 10.2 Å². The molecular formula is C18H21FN4O. The van der Waals surface area contributed by atoms with E-state index in [9.17, 15) is 9.18 Å². The van der Waals surface area contributed by atoms with Crippen molar-refractivity contribution in [3.63, 3.8) is 0 Å². The molecule has 0 spiro atoms. The number of benzene rings is 1. The fourth-order valence-corrected chi connectivity index (χ4v) is 3.82. The van der Waals surface area contributed by atoms with Crippen LogP contribution in [-0.2, 0) is 13.0 Å². The van der Waals surface area contributed by atoms with E-state index in [1.54, 1.807) is 12.1 Å². The highest BCUT2D eigenvalue weighted by Gasteiger charge is 2.34. The largest absolute Gasteiger partial charge is 0.328 e. The fraction of sp³-hybridized carbons (Fsp3) is 0.500. The molecule has 5 nitrogen and oxygen atoms in total. The van der Waals surface area contributed by atoms with Crippen LogP contribution in [0.4, 0.5) is 4.39 Å². The van der Waals surface area contributed by atoms with Gasteiger partial charge in [-0.1, -0.05) is 12.5 Å². The highest BCUT2D eigenvalue weighted by atomic mass is 19.1. The van der Waals surface area contributed by atoms with Crippen molar-refractivity contribution in [3.8, 4) is 0 Å². The first-order valence-electron chi connectivity index (χ1n) is 8.72. The van der Waals surface area contributed by atoms with Crippen molar-refractivity contribution in [2.75, 3.05) is 6.54 Å². The second-order valence-electron chi connectivity index (χ2n) is 6.60. The smallest absolute Gasteiger partial charge is 0.254 e. The number of rotatable bonds is 2. The van der Waals surface area contributed by atoms with Gasteiger partial charge in [0.05, 0.1) is 6.04 Å². The van der Waals surface area contributed by atoms with Crippen molar-refractivity contribution in [3.05, 3.63) is 47.3 Å². The van der Waals surface area contributed by atoms with Gasteiger partial charge in [0.1, 0.15) is 11.6 Å². The molecule has 1 aromatic carbocycles. The van der Waals surface area contributed by atoms with Crippen LogP contribution in [0.3, 0.4) is 0 Å². The Morgan fingerprint density at radius 2 is 2.04 bits per heavy atom. The van der Waals surface area contributed by atoms with Gasteiger partial charge in [-0.25, -0.2) is 4.39 Å². The van der Waals surface area contributed by atoms with Crippen LogP contribution in [0.5, 0.6) is 0 Å². The Balaban J connectivity index is 1.64. The Labute approximate surface area is 140 Å². The van der Waals surface area contributed by atoms with Crippen molar-refractivity contribution in [2.24, 2.45) is 0 Å². The summed E-state index contributed by atoms with van der Waals surface area (Å²) in [5.74, 6) is 1.43. The minimum Gasteiger partial charge on any atom is -0.328 e. The standard InChI is InChI=1S/C18H21FN4O/c19-14-7-4-6-13(12-14)18(24)22-11-5-8-15(22)17-21-20-16-9-2-1-3-10-23(16)17/h4,6-7,12,15H,1-3,5,8-11H2. The summed E-state index contributed by atoms with van der Waals surface area (Å²) < 4.78 is 15.7. The minimum absolute atomic E-state index is 0.0554. The van der Waals surface area contributed by atoms with Gasteiger partial charge in [0, 0.05) is 25.1 Å². The molecule has 4 rings (SSSR count). The molecule has 6 heteroatoms. The maximum absolute atomic E-state index is 13.5. The molecule has 126 valence electrons. The van der Waals surface area contributed by atoms with E-state index < -0.39 is 0 Å². The second-order valence-corrected chi connectivity index (χ2v) is 6.60. The van der Waals surface area contributed by atoms with Crippen LogP contribution in [0.15, 0.2) is 24.3 Å². The van der Waals surface area contributed by atoms with E-state index in [2.05, 4.69) is 14.8 Å². The number of fused-ring (bicyclic) bond motifs is 1. The Hall–Kier alpha value is -2.24. The monoisotopic (exact) mass is 328 g/mol. The molecule has 1 atom stereocenters. The number of hydrogen-bond acceptors (Lipinski definition) is 3. The third-order valence-electron chi connectivity index (χ3n) is 5.02. The Bertz CT molecular complexity index is 757. The Morgan fingerprint density at radius 3 is 2.92 bits per heavy atom. The molecular weight excluding hydrogens is 307 g/mol. The third-order valence-corrected chi connectivity index (χ3v) is 5.02. The van der Waals surface area contributed by atoms with Crippen LogP contribution in [0.25, 0.3) is 0 Å². The molecule has 0 saturated carbocycles. The maximum atomic E-state index is 13.5. The summed E-state index contributed by atoms with van der Waals surface area (Å²) in [6, 6.07) is 5.86. The van der Waals surface area contributed by atoms with Gasteiger partial charge in [0.2, 0.25) is 0 Å². The third kappa shape index (κ3) is 2.70. The van der Waals surface area contributed by atoms with E-state index in [4.69, 9.17) is 0 Å². The number of nitrogens with zero attached hydrogens (tertiary/aromatic N) is 4. The van der Waals surface area contributed by atoms with Gasteiger partial charge in [0.25, 0.3) is 5.91 Å². The summed E-state index contributed by atoms with van der Waals surface area (Å²) in [5.41, 5.74) is 0.400. The number of halogens is 1. The number of carbonyl (C=O) groups is 1. The summed E-state index contributed by atoms with van der Waals surface area (Å²) in [7, 11) is 0. The fourth-order valence-electron chi connectivity index (χ4n) is 3.82. The van der Waals surface area contributed by atoms with Gasteiger partial charge in [-0.3, -0.25) is 4.79 Å². The molecule has 0 bridgehead atoms. The van der Waals surface area contributed by atoms with Crippen molar-refractivity contribution in [1.29, 1.82) is 0 Å². The second kappa shape index (κ2) is 6.34. The first kappa shape index (κ1) is 15.3. The highest BCUT2D eigenvalue weighted by Crippen LogP contribution is 2.33. The van der Waals surface area contributed by atoms with Gasteiger partial charge in [-0.05, 0) is 43.9 Å². The Kier molecular flexibility index (Phi) is 4.04. The zero-order valence-electron chi connectivity index (χ0n) is 13.6. The average molecular weight is 328 g/mol. The van der Waals surface area contributed by atoms with E-state index >= 15 is 0 Å². The van der Waals surface area contributed by atoms with Crippen molar-refractivity contribution in [1.82, 2.24) is 19.7 Å². The quantitative estimate of drug-likeness (QED) is 0.851. The maximum Gasteiger partial charge on any atom is 0.254 e. The molecule has 1 saturated heterocycles. The summed E-state index contributed by atoms with van der Waals surface area (Å²) >= 11 is 0. The van der Waals surface area contributed by atoms with Crippen LogP contribution in [0.1, 0.15) is 60.2 Å². The van der Waals surface area contributed by atoms with Crippen LogP contribution >= 0.6 is 0 Å². The lowest BCUT2D eigenvalue weighted by Gasteiger charge is -2.24. The first-order valence-corrected chi connectivity index (χ1v) is 8.72. The van der Waals surface area contributed by atoms with Gasteiger partial charge >= 0.3 is 0 Å². The van der Waals surface area contributed by atoms with Crippen molar-refractivity contribution >= 4 is 5.91 Å². The number of likely N-dealkylation sites (tertiary alicyclic amines) is 1. The number of aryl methyl sites for hydroxylation is 1. The summed E-state index contributed by atoms with van der Waals surface area (Å²) in [6.07, 6.45) is 6.27. The van der Waals surface area contributed by atoms with Crippen LogP contribution in [-0.4, -0.2) is 32.1 Å². The number of hydrogen-bond donors (Lipinski definition) is 0. The van der Waals surface area contributed by atoms with Crippen molar-refractivity contribution < 1.29 is 9.18 Å². The average Bonchev–Trinajstić information content (AvgIpc) is 3.15. The van der Waals surface area contributed by atoms with E-state index in [0.29, 0.717) is 12.1 Å². The van der Waals surface area contributed by atoms with E-state index in [1.165, 1.54) is 18.6 Å². The zero-order valence-corrected chi connectivity index (χ0v) is 13.6. The number of aromatic nitrogens is 3. The molecule has 0 radical (unpaired) electrons. The summed E-state index contributed by atoms with van der Waals surface area (Å²) in [6.45, 7) is 1.61. The molecule has 1 unspecified atom stereocenters. The molecule has 1 fully saturated rings. The lowest BCUT2D eigenvalue weighted by molar-refractivity contribution is 0.0726. The summed E-state index contributed by atoms with van der Waals surface area (Å²) in [4.78, 5) is 14.7. The van der Waals surface area contributed by atoms with E-state index in [0.717, 1.165) is 50.3 Å². The van der Waals surface area contributed by atoms with Crippen LogP contribution < -0.4 is 0 Å². The topological polar surface area (TPSA) is 51.0 Å². The minimum atomic E-state index is -0.382. The molecule has 0 N–H and O–H groups in total. The van der Waals surface area contributed by atoms with Crippen molar-refractivity contribution in [2.45, 2.75) is 51.1 Å². The Morgan fingerprint density at radius 1 is 1.12 bits per heavy atom. The van der Waals surface area contributed by atoms with Gasteiger partial charge in [-0.2, -0.15) is 0 Å². The lowest BCUT2D eigenvalue weighted by Crippen LogP contribution is -2.32. The molecule has 24 heavy (non-hydrogen) atoms. The highest BCUT2D eigenvalue weighted by molar-refractivity contribution is 5.94. The normalized spacial score (nSPS) is 20.7. The molecule has 1 aromatic heterocycles. The first-order chi connectivity index (χ1) is 11.7. The molecule has 1 amide bonds. The van der Waals surface area contributed by atoms with Gasteiger partial charge < -0.3 is 9.47 Å². The van der Waals surface area contributed by atoms with E-state index in [1.807, 2.05) is 4.90 Å². The van der Waals surface area contributed by atoms with Crippen LogP contribution in [0, 0.1) is 5.82 Å². The predicted molar refractivity (Wildman–Crippen MR) is 87.0 cm³/mol. The zero-order chi connectivity index (χ0) is 16.5. The summed E-state index contributed by atoms with van der Waals surface area (Å²) in [5, 5.41) is 8.77. The molecule has 2 aliphatic heterocycles. The predicted octanol–water partition coefficient (Wildman–Crippen LogP) is 3.12. The lowest BCUT2D eigenvalue weighted by atomic mass is 10.1. The van der Waals surface area contributed by atoms with Gasteiger partial charge in [0.15, 0.2) is 5.82 Å². The molecule has 0 aliphatic carbocycles. The number of carbonyl (C=O) groups excluding carboxylic acids is 1. The van der Waals surface area contributed by atoms with E-state index in [-0.39, 0.29) is 17.8 Å². The molecule has 2 aliphatic rings. The number of amides is 1. The van der Waals surface area contributed by atoms with Crippen LogP contribution in [0.2, 0.25) is 0 Å². The SMILES string of the molecule is O=C(c1cccc(F)c1)N1CCCC1c1nnc2n1CCCCC2.